The van der Waals surface area contributed by atoms with Gasteiger partial charge in [-0.1, -0.05) is 30.3 Å². The fourth-order valence-corrected chi connectivity index (χ4v) is 6.65. The van der Waals surface area contributed by atoms with E-state index >= 15 is 0 Å². The lowest BCUT2D eigenvalue weighted by Gasteiger charge is -2.34. The van der Waals surface area contributed by atoms with E-state index in [9.17, 15) is 18.3 Å². The predicted octanol–water partition coefficient (Wildman–Crippen LogP) is 3.03. The van der Waals surface area contributed by atoms with Crippen molar-refractivity contribution in [2.24, 2.45) is 13.0 Å². The van der Waals surface area contributed by atoms with Gasteiger partial charge in [0.2, 0.25) is 15.9 Å². The Morgan fingerprint density at radius 2 is 1.72 bits per heavy atom. The van der Waals surface area contributed by atoms with Crippen LogP contribution in [-0.2, 0) is 33.2 Å². The number of morpholine rings is 1. The van der Waals surface area contributed by atoms with E-state index in [1.807, 2.05) is 52.9 Å². The number of sulfonamides is 1. The van der Waals surface area contributed by atoms with E-state index < -0.39 is 10.0 Å². The standard InChI is InChI=1S/C27H33N3O5S/c1-29-25(20-4-2-19(18-31)3-5-20)16-22-8-11-24(17-26(22)29)36(33,34)28-23-9-6-21(7-10-23)27(32)30-12-14-35-15-13-30/h2-5,8,11,16-17,21,23,28,31H,6-7,9-10,12-15,18H2,1H3. The van der Waals surface area contributed by atoms with Crippen molar-refractivity contribution in [1.29, 1.82) is 0 Å². The van der Waals surface area contributed by atoms with Crippen LogP contribution in [0.3, 0.4) is 0 Å². The van der Waals surface area contributed by atoms with Gasteiger partial charge < -0.3 is 19.3 Å². The number of benzene rings is 2. The van der Waals surface area contributed by atoms with Crippen LogP contribution in [0.4, 0.5) is 0 Å². The van der Waals surface area contributed by atoms with E-state index in [0.717, 1.165) is 27.7 Å². The van der Waals surface area contributed by atoms with Crippen LogP contribution in [0, 0.1) is 5.92 Å². The van der Waals surface area contributed by atoms with Gasteiger partial charge in [0.25, 0.3) is 0 Å². The van der Waals surface area contributed by atoms with Crippen LogP contribution in [0.2, 0.25) is 0 Å². The Hall–Kier alpha value is -2.72. The molecular formula is C27H33N3O5S. The lowest BCUT2D eigenvalue weighted by atomic mass is 9.85. The summed E-state index contributed by atoms with van der Waals surface area (Å²) in [5.41, 5.74) is 3.65. The summed E-state index contributed by atoms with van der Waals surface area (Å²) in [4.78, 5) is 14.9. The minimum Gasteiger partial charge on any atom is -0.392 e. The first kappa shape index (κ1) is 25.0. The van der Waals surface area contributed by atoms with Crippen LogP contribution in [-0.4, -0.2) is 61.2 Å². The summed E-state index contributed by atoms with van der Waals surface area (Å²) in [6.07, 6.45) is 2.69. The molecule has 8 nitrogen and oxygen atoms in total. The largest absolute Gasteiger partial charge is 0.392 e. The smallest absolute Gasteiger partial charge is 0.240 e. The lowest BCUT2D eigenvalue weighted by Crippen LogP contribution is -2.46. The Balaban J connectivity index is 1.27. The van der Waals surface area contributed by atoms with Crippen molar-refractivity contribution in [2.75, 3.05) is 26.3 Å². The van der Waals surface area contributed by atoms with Gasteiger partial charge in [0.15, 0.2) is 0 Å². The molecule has 36 heavy (non-hydrogen) atoms. The Morgan fingerprint density at radius 3 is 2.39 bits per heavy atom. The summed E-state index contributed by atoms with van der Waals surface area (Å²) in [5.74, 6) is 0.143. The molecule has 1 aliphatic heterocycles. The van der Waals surface area contributed by atoms with Gasteiger partial charge in [-0.3, -0.25) is 4.79 Å². The van der Waals surface area contributed by atoms with Gasteiger partial charge in [0.05, 0.1) is 24.7 Å². The molecule has 2 heterocycles. The van der Waals surface area contributed by atoms with E-state index in [1.54, 1.807) is 12.1 Å². The maximum Gasteiger partial charge on any atom is 0.240 e. The highest BCUT2D eigenvalue weighted by atomic mass is 32.2. The van der Waals surface area contributed by atoms with Crippen molar-refractivity contribution in [2.45, 2.75) is 43.2 Å². The Morgan fingerprint density at radius 1 is 1.03 bits per heavy atom. The average Bonchev–Trinajstić information content (AvgIpc) is 3.24. The van der Waals surface area contributed by atoms with Crippen molar-refractivity contribution in [3.63, 3.8) is 0 Å². The molecule has 0 unspecified atom stereocenters. The van der Waals surface area contributed by atoms with E-state index in [4.69, 9.17) is 4.74 Å². The molecule has 3 aromatic rings. The molecule has 0 radical (unpaired) electrons. The number of aliphatic hydroxyl groups excluding tert-OH is 1. The zero-order valence-electron chi connectivity index (χ0n) is 20.5. The first-order valence-corrected chi connectivity index (χ1v) is 14.0. The molecule has 1 amide bonds. The van der Waals surface area contributed by atoms with Crippen molar-refractivity contribution in [3.05, 3.63) is 54.1 Å². The molecule has 5 rings (SSSR count). The predicted molar refractivity (Wildman–Crippen MR) is 138 cm³/mol. The minimum absolute atomic E-state index is 0.00452. The third-order valence-corrected chi connectivity index (χ3v) is 9.00. The van der Waals surface area contributed by atoms with Gasteiger partial charge in [-0.25, -0.2) is 13.1 Å². The molecule has 1 saturated heterocycles. The number of carbonyl (C=O) groups excluding carboxylic acids is 1. The maximum absolute atomic E-state index is 13.2. The van der Waals surface area contributed by atoms with Crippen LogP contribution in [0.25, 0.3) is 22.2 Å². The highest BCUT2D eigenvalue weighted by molar-refractivity contribution is 7.89. The molecule has 0 bridgehead atoms. The van der Waals surface area contributed by atoms with E-state index in [2.05, 4.69) is 4.72 Å². The zero-order valence-corrected chi connectivity index (χ0v) is 21.3. The minimum atomic E-state index is -3.69. The van der Waals surface area contributed by atoms with Crippen LogP contribution < -0.4 is 4.72 Å². The Kier molecular flexibility index (Phi) is 7.16. The van der Waals surface area contributed by atoms with Crippen molar-refractivity contribution in [3.8, 4) is 11.3 Å². The van der Waals surface area contributed by atoms with Crippen molar-refractivity contribution < 1.29 is 23.1 Å². The van der Waals surface area contributed by atoms with Crippen LogP contribution >= 0.6 is 0 Å². The fraction of sp³-hybridized carbons (Fsp3) is 0.444. The number of aromatic nitrogens is 1. The average molecular weight is 512 g/mol. The molecule has 0 spiro atoms. The number of amides is 1. The number of hydrogen-bond donors (Lipinski definition) is 2. The molecule has 2 aliphatic rings. The molecule has 1 saturated carbocycles. The van der Waals surface area contributed by atoms with E-state index in [-0.39, 0.29) is 29.4 Å². The van der Waals surface area contributed by atoms with Crippen molar-refractivity contribution >= 4 is 26.8 Å². The number of hydrogen-bond acceptors (Lipinski definition) is 5. The first-order chi connectivity index (χ1) is 17.4. The monoisotopic (exact) mass is 511 g/mol. The third kappa shape index (κ3) is 5.06. The summed E-state index contributed by atoms with van der Waals surface area (Å²) in [6.45, 7) is 2.45. The number of rotatable bonds is 6. The Bertz CT molecular complexity index is 1340. The van der Waals surface area contributed by atoms with Gasteiger partial charge in [-0.15, -0.1) is 0 Å². The lowest BCUT2D eigenvalue weighted by molar-refractivity contribution is -0.140. The summed E-state index contributed by atoms with van der Waals surface area (Å²) in [7, 11) is -1.77. The molecule has 192 valence electrons. The number of nitrogens with zero attached hydrogens (tertiary/aromatic N) is 2. The number of ether oxygens (including phenoxy) is 1. The van der Waals surface area contributed by atoms with E-state index in [1.165, 1.54) is 0 Å². The number of fused-ring (bicyclic) bond motifs is 1. The van der Waals surface area contributed by atoms with Crippen molar-refractivity contribution in [1.82, 2.24) is 14.2 Å². The molecule has 9 heteroatoms. The zero-order chi connectivity index (χ0) is 25.3. The maximum atomic E-state index is 13.2. The van der Waals surface area contributed by atoms with Crippen LogP contribution in [0.5, 0.6) is 0 Å². The topological polar surface area (TPSA) is 101 Å². The number of aryl methyl sites for hydroxylation is 1. The second-order valence-corrected chi connectivity index (χ2v) is 11.5. The Labute approximate surface area is 211 Å². The molecule has 0 atom stereocenters. The summed E-state index contributed by atoms with van der Waals surface area (Å²) in [5, 5.41) is 10.3. The fourth-order valence-electron chi connectivity index (χ4n) is 5.32. The van der Waals surface area contributed by atoms with Gasteiger partial charge in [-0.05, 0) is 55.0 Å². The van der Waals surface area contributed by atoms with E-state index in [0.29, 0.717) is 52.0 Å². The second-order valence-electron chi connectivity index (χ2n) is 9.77. The first-order valence-electron chi connectivity index (χ1n) is 12.5. The van der Waals surface area contributed by atoms with Gasteiger partial charge in [-0.2, -0.15) is 0 Å². The highest BCUT2D eigenvalue weighted by Gasteiger charge is 2.32. The molecule has 1 aliphatic carbocycles. The van der Waals surface area contributed by atoms with Gasteiger partial charge >= 0.3 is 0 Å². The summed E-state index contributed by atoms with van der Waals surface area (Å²) < 4.78 is 36.7. The van der Waals surface area contributed by atoms with Gasteiger partial charge in [0, 0.05) is 48.7 Å². The number of aliphatic hydroxyl groups is 1. The number of carbonyl (C=O) groups is 1. The number of nitrogens with one attached hydrogen (secondary N) is 1. The molecule has 2 fully saturated rings. The normalized spacial score (nSPS) is 21.1. The third-order valence-electron chi connectivity index (χ3n) is 7.48. The van der Waals surface area contributed by atoms with Crippen LogP contribution in [0.1, 0.15) is 31.2 Å². The molecular weight excluding hydrogens is 478 g/mol. The second kappa shape index (κ2) is 10.3. The quantitative estimate of drug-likeness (QED) is 0.530. The molecule has 2 N–H and O–H groups in total. The SMILES string of the molecule is Cn1c(-c2ccc(CO)cc2)cc2ccc(S(=O)(=O)NC3CCC(C(=O)N4CCOCC4)CC3)cc21. The van der Waals surface area contributed by atoms with Gasteiger partial charge in [0.1, 0.15) is 0 Å². The summed E-state index contributed by atoms with van der Waals surface area (Å²) >= 11 is 0. The summed E-state index contributed by atoms with van der Waals surface area (Å²) in [6, 6.07) is 14.8. The van der Waals surface area contributed by atoms with Crippen LogP contribution in [0.15, 0.2) is 53.4 Å². The molecule has 1 aromatic heterocycles. The highest BCUT2D eigenvalue weighted by Crippen LogP contribution is 2.31. The molecule has 2 aromatic carbocycles.